The number of halogens is 3. The van der Waals surface area contributed by atoms with Crippen LogP contribution in [0.5, 0.6) is 0 Å². The smallest absolute Gasteiger partial charge is 0.230 e. The second-order valence-electron chi connectivity index (χ2n) is 5.50. The molecular formula is C18H13ClF2N2O2. The standard InChI is InChI=1S/C18H13ClF2N2O2/c1-10-2-4-12(7-15(10)19)22-18(24)9-13-8-17(25-23-13)14-5-3-11(20)6-16(14)21/h2-8H,9H2,1H3,(H,22,24). The van der Waals surface area contributed by atoms with Crippen molar-refractivity contribution < 1.29 is 18.1 Å². The second-order valence-corrected chi connectivity index (χ2v) is 5.90. The predicted octanol–water partition coefficient (Wildman–Crippen LogP) is 4.76. The van der Waals surface area contributed by atoms with Gasteiger partial charge in [0.2, 0.25) is 5.91 Å². The third-order valence-corrected chi connectivity index (χ3v) is 3.96. The lowest BCUT2D eigenvalue weighted by Gasteiger charge is -2.05. The molecule has 0 unspecified atom stereocenters. The minimum absolute atomic E-state index is 0.0577. The van der Waals surface area contributed by atoms with E-state index in [4.69, 9.17) is 16.1 Å². The molecule has 3 aromatic rings. The third-order valence-electron chi connectivity index (χ3n) is 3.55. The van der Waals surface area contributed by atoms with Gasteiger partial charge >= 0.3 is 0 Å². The largest absolute Gasteiger partial charge is 0.356 e. The molecule has 1 heterocycles. The fourth-order valence-corrected chi connectivity index (χ4v) is 2.43. The van der Waals surface area contributed by atoms with Crippen molar-refractivity contribution in [2.75, 3.05) is 5.32 Å². The van der Waals surface area contributed by atoms with Crippen molar-refractivity contribution >= 4 is 23.2 Å². The Morgan fingerprint density at radius 2 is 2.00 bits per heavy atom. The van der Waals surface area contributed by atoms with Crippen molar-refractivity contribution in [1.82, 2.24) is 5.16 Å². The maximum absolute atomic E-state index is 13.7. The van der Waals surface area contributed by atoms with Crippen molar-refractivity contribution in [3.05, 3.63) is 70.4 Å². The topological polar surface area (TPSA) is 55.1 Å². The molecule has 0 saturated heterocycles. The zero-order chi connectivity index (χ0) is 18.0. The maximum atomic E-state index is 13.7. The Bertz CT molecular complexity index is 941. The van der Waals surface area contributed by atoms with E-state index in [0.717, 1.165) is 17.7 Å². The van der Waals surface area contributed by atoms with Crippen LogP contribution in [0.3, 0.4) is 0 Å². The summed E-state index contributed by atoms with van der Waals surface area (Å²) in [5, 5.41) is 6.99. The van der Waals surface area contributed by atoms with E-state index < -0.39 is 11.6 Å². The lowest BCUT2D eigenvalue weighted by Crippen LogP contribution is -2.14. The number of rotatable bonds is 4. The van der Waals surface area contributed by atoms with Crippen LogP contribution >= 0.6 is 11.6 Å². The fraction of sp³-hybridized carbons (Fsp3) is 0.111. The monoisotopic (exact) mass is 362 g/mol. The summed E-state index contributed by atoms with van der Waals surface area (Å²) in [5.74, 6) is -1.64. The van der Waals surface area contributed by atoms with Gasteiger partial charge in [-0.15, -0.1) is 0 Å². The SMILES string of the molecule is Cc1ccc(NC(=O)Cc2cc(-c3ccc(F)cc3F)on2)cc1Cl. The number of carbonyl (C=O) groups is 1. The molecule has 1 aromatic heterocycles. The summed E-state index contributed by atoms with van der Waals surface area (Å²) in [5.41, 5.74) is 1.87. The first kappa shape index (κ1) is 17.1. The summed E-state index contributed by atoms with van der Waals surface area (Å²) < 4.78 is 31.7. The molecule has 0 saturated carbocycles. The number of nitrogens with one attached hydrogen (secondary N) is 1. The summed E-state index contributed by atoms with van der Waals surface area (Å²) in [6, 6.07) is 9.75. The molecule has 0 aliphatic rings. The van der Waals surface area contributed by atoms with Crippen LogP contribution < -0.4 is 5.32 Å². The molecule has 0 fully saturated rings. The van der Waals surface area contributed by atoms with Crippen LogP contribution in [0.25, 0.3) is 11.3 Å². The molecule has 3 rings (SSSR count). The van der Waals surface area contributed by atoms with Gasteiger partial charge in [-0.3, -0.25) is 4.79 Å². The highest BCUT2D eigenvalue weighted by molar-refractivity contribution is 6.31. The minimum atomic E-state index is -0.763. The van der Waals surface area contributed by atoms with Crippen LogP contribution in [0.4, 0.5) is 14.5 Å². The van der Waals surface area contributed by atoms with E-state index in [0.29, 0.717) is 16.4 Å². The molecule has 0 atom stereocenters. The zero-order valence-corrected chi connectivity index (χ0v) is 13.9. The van der Waals surface area contributed by atoms with E-state index in [-0.39, 0.29) is 23.7 Å². The lowest BCUT2D eigenvalue weighted by molar-refractivity contribution is -0.115. The van der Waals surface area contributed by atoms with Crippen LogP contribution in [0.1, 0.15) is 11.3 Å². The summed E-state index contributed by atoms with van der Waals surface area (Å²) >= 11 is 6.01. The Kier molecular flexibility index (Phi) is 4.81. The van der Waals surface area contributed by atoms with E-state index in [2.05, 4.69) is 10.5 Å². The van der Waals surface area contributed by atoms with Gasteiger partial charge in [-0.25, -0.2) is 8.78 Å². The Balaban J connectivity index is 1.70. The van der Waals surface area contributed by atoms with Crippen molar-refractivity contribution in [2.45, 2.75) is 13.3 Å². The summed E-state index contributed by atoms with van der Waals surface area (Å²) in [6.07, 6.45) is -0.0577. The highest BCUT2D eigenvalue weighted by Crippen LogP contribution is 2.25. The molecule has 1 N–H and O–H groups in total. The first-order valence-corrected chi connectivity index (χ1v) is 7.77. The first-order valence-electron chi connectivity index (χ1n) is 7.39. The minimum Gasteiger partial charge on any atom is -0.356 e. The molecule has 128 valence electrons. The Morgan fingerprint density at radius 1 is 1.20 bits per heavy atom. The molecular weight excluding hydrogens is 350 g/mol. The Labute approximate surface area is 147 Å². The number of carbonyl (C=O) groups excluding carboxylic acids is 1. The van der Waals surface area contributed by atoms with Crippen molar-refractivity contribution in [3.63, 3.8) is 0 Å². The Morgan fingerprint density at radius 3 is 2.72 bits per heavy atom. The van der Waals surface area contributed by atoms with Gasteiger partial charge in [0, 0.05) is 22.8 Å². The third kappa shape index (κ3) is 4.03. The molecule has 1 amide bonds. The van der Waals surface area contributed by atoms with Crippen molar-refractivity contribution in [3.8, 4) is 11.3 Å². The van der Waals surface area contributed by atoms with Crippen LogP contribution in [-0.4, -0.2) is 11.1 Å². The zero-order valence-electron chi connectivity index (χ0n) is 13.1. The van der Waals surface area contributed by atoms with Crippen molar-refractivity contribution in [1.29, 1.82) is 0 Å². The van der Waals surface area contributed by atoms with Crippen molar-refractivity contribution in [2.24, 2.45) is 0 Å². The predicted molar refractivity (Wildman–Crippen MR) is 90.4 cm³/mol. The van der Waals surface area contributed by atoms with Gasteiger partial charge in [0.25, 0.3) is 0 Å². The number of benzene rings is 2. The Hall–Kier alpha value is -2.73. The average molecular weight is 363 g/mol. The number of aryl methyl sites for hydroxylation is 1. The highest BCUT2D eigenvalue weighted by Gasteiger charge is 2.14. The molecule has 0 radical (unpaired) electrons. The summed E-state index contributed by atoms with van der Waals surface area (Å²) in [7, 11) is 0. The number of amides is 1. The fourth-order valence-electron chi connectivity index (χ4n) is 2.25. The molecule has 25 heavy (non-hydrogen) atoms. The summed E-state index contributed by atoms with van der Waals surface area (Å²) in [4.78, 5) is 12.1. The molecule has 7 heteroatoms. The number of hydrogen-bond acceptors (Lipinski definition) is 3. The molecule has 0 aliphatic carbocycles. The molecule has 2 aromatic carbocycles. The van der Waals surface area contributed by atoms with E-state index in [9.17, 15) is 13.6 Å². The van der Waals surface area contributed by atoms with Gasteiger partial charge in [0.15, 0.2) is 5.76 Å². The second kappa shape index (κ2) is 7.03. The molecule has 0 aliphatic heterocycles. The van der Waals surface area contributed by atoms with Gasteiger partial charge in [-0.2, -0.15) is 0 Å². The number of aromatic nitrogens is 1. The van der Waals surface area contributed by atoms with E-state index >= 15 is 0 Å². The van der Waals surface area contributed by atoms with E-state index in [1.165, 1.54) is 12.1 Å². The maximum Gasteiger partial charge on any atom is 0.230 e. The molecule has 0 spiro atoms. The molecule has 4 nitrogen and oxygen atoms in total. The van der Waals surface area contributed by atoms with Crippen LogP contribution in [0.2, 0.25) is 5.02 Å². The normalized spacial score (nSPS) is 10.7. The van der Waals surface area contributed by atoms with Gasteiger partial charge in [0.1, 0.15) is 11.6 Å². The summed E-state index contributed by atoms with van der Waals surface area (Å²) in [6.45, 7) is 1.86. The van der Waals surface area contributed by atoms with Crippen LogP contribution in [0.15, 0.2) is 47.0 Å². The molecule has 0 bridgehead atoms. The van der Waals surface area contributed by atoms with Gasteiger partial charge < -0.3 is 9.84 Å². The average Bonchev–Trinajstić information content (AvgIpc) is 2.99. The number of anilines is 1. The van der Waals surface area contributed by atoms with Gasteiger partial charge in [0.05, 0.1) is 17.7 Å². The number of hydrogen-bond donors (Lipinski definition) is 1. The highest BCUT2D eigenvalue weighted by atomic mass is 35.5. The van der Waals surface area contributed by atoms with Gasteiger partial charge in [-0.05, 0) is 36.8 Å². The lowest BCUT2D eigenvalue weighted by atomic mass is 10.1. The van der Waals surface area contributed by atoms with Gasteiger partial charge in [-0.1, -0.05) is 22.8 Å². The van der Waals surface area contributed by atoms with E-state index in [1.54, 1.807) is 18.2 Å². The number of nitrogens with zero attached hydrogens (tertiary/aromatic N) is 1. The quantitative estimate of drug-likeness (QED) is 0.727. The van der Waals surface area contributed by atoms with Crippen LogP contribution in [-0.2, 0) is 11.2 Å². The van der Waals surface area contributed by atoms with E-state index in [1.807, 2.05) is 6.92 Å². The van der Waals surface area contributed by atoms with Crippen LogP contribution in [0, 0.1) is 18.6 Å². The first-order chi connectivity index (χ1) is 11.9.